The first-order valence-corrected chi connectivity index (χ1v) is 20.9. The second-order valence-corrected chi connectivity index (χ2v) is 15.9. The van der Waals surface area contributed by atoms with E-state index >= 15 is 0 Å². The topological polar surface area (TPSA) is 53.7 Å². The van der Waals surface area contributed by atoms with Gasteiger partial charge in [-0.15, -0.1) is 10.2 Å². The van der Waals surface area contributed by atoms with Crippen molar-refractivity contribution >= 4 is 65.6 Å². The lowest BCUT2D eigenvalue weighted by atomic mass is 10.0. The van der Waals surface area contributed by atoms with E-state index < -0.39 is 0 Å². The third-order valence-electron chi connectivity index (χ3n) is 12.4. The molecule has 0 atom stereocenters. The van der Waals surface area contributed by atoms with E-state index in [4.69, 9.17) is 14.6 Å². The number of hydrogen-bond donors (Lipinski definition) is 0. The van der Waals surface area contributed by atoms with Crippen molar-refractivity contribution in [3.05, 3.63) is 212 Å². The van der Waals surface area contributed by atoms with Crippen LogP contribution < -0.4 is 0 Å². The molecule has 0 fully saturated rings. The maximum Gasteiger partial charge on any atom is 0.168 e. The summed E-state index contributed by atoms with van der Waals surface area (Å²) in [6, 6.07) is 75.2. The third kappa shape index (κ3) is 5.17. The lowest BCUT2D eigenvalue weighted by Gasteiger charge is -2.14. The maximum atomic E-state index is 6.41. The minimum atomic E-state index is 0.793. The molecule has 0 aliphatic carbocycles. The summed E-state index contributed by atoms with van der Waals surface area (Å²) in [4.78, 5) is 0. The highest BCUT2D eigenvalue weighted by molar-refractivity contribution is 6.17. The maximum absolute atomic E-state index is 6.41. The number of fused-ring (bicyclic) bond motifs is 9. The molecule has 0 saturated heterocycles. The van der Waals surface area contributed by atoms with E-state index in [1.165, 1.54) is 10.8 Å². The van der Waals surface area contributed by atoms with Crippen molar-refractivity contribution in [3.63, 3.8) is 0 Å². The summed E-state index contributed by atoms with van der Waals surface area (Å²) in [5.74, 6) is 1.59. The molecule has 4 aromatic heterocycles. The zero-order valence-electron chi connectivity index (χ0n) is 33.4. The molecule has 0 radical (unpaired) electrons. The SMILES string of the molecule is c1ccc(-c2nnc(-c3ccccc3)n2-c2cccc3c2c2ccccc2n3-c2cccc(-c3cccc(-n4c5ccccc5c5cc6c(cc54)oc4ccccc46)c3)c2)cc1. The first-order valence-electron chi connectivity index (χ1n) is 20.9. The van der Waals surface area contributed by atoms with E-state index in [0.717, 1.165) is 106 Å². The van der Waals surface area contributed by atoms with Gasteiger partial charge in [-0.05, 0) is 71.8 Å². The van der Waals surface area contributed by atoms with E-state index in [1.807, 2.05) is 48.5 Å². The van der Waals surface area contributed by atoms with Gasteiger partial charge < -0.3 is 13.6 Å². The van der Waals surface area contributed by atoms with Crippen LogP contribution in [0.1, 0.15) is 0 Å². The minimum absolute atomic E-state index is 0.793. The van der Waals surface area contributed by atoms with E-state index in [-0.39, 0.29) is 0 Å². The Labute approximate surface area is 355 Å². The van der Waals surface area contributed by atoms with Crippen LogP contribution in [0.4, 0.5) is 0 Å². The van der Waals surface area contributed by atoms with Gasteiger partial charge >= 0.3 is 0 Å². The Morgan fingerprint density at radius 3 is 1.50 bits per heavy atom. The fourth-order valence-corrected chi connectivity index (χ4v) is 9.64. The molecule has 6 heteroatoms. The van der Waals surface area contributed by atoms with E-state index in [2.05, 4.69) is 177 Å². The molecular weight excluding hydrogens is 759 g/mol. The van der Waals surface area contributed by atoms with Crippen LogP contribution in [0.3, 0.4) is 0 Å². The molecular formula is C56H35N5O. The Bertz CT molecular complexity index is 3810. The van der Waals surface area contributed by atoms with Gasteiger partial charge in [-0.1, -0.05) is 146 Å². The third-order valence-corrected chi connectivity index (χ3v) is 12.4. The first-order chi connectivity index (χ1) is 30.8. The molecule has 62 heavy (non-hydrogen) atoms. The second kappa shape index (κ2) is 13.5. The Kier molecular flexibility index (Phi) is 7.50. The Morgan fingerprint density at radius 1 is 0.306 bits per heavy atom. The average molecular weight is 794 g/mol. The van der Waals surface area contributed by atoms with Crippen molar-refractivity contribution in [2.45, 2.75) is 0 Å². The summed E-state index contributed by atoms with van der Waals surface area (Å²) in [6.45, 7) is 0. The molecule has 4 heterocycles. The number of para-hydroxylation sites is 3. The summed E-state index contributed by atoms with van der Waals surface area (Å²) in [5, 5.41) is 16.6. The monoisotopic (exact) mass is 793 g/mol. The van der Waals surface area contributed by atoms with Crippen LogP contribution in [0.5, 0.6) is 0 Å². The Balaban J connectivity index is 0.983. The molecule has 0 spiro atoms. The molecule has 0 unspecified atom stereocenters. The van der Waals surface area contributed by atoms with Crippen LogP contribution in [0.15, 0.2) is 217 Å². The number of aromatic nitrogens is 5. The summed E-state index contributed by atoms with van der Waals surface area (Å²) in [7, 11) is 0. The minimum Gasteiger partial charge on any atom is -0.456 e. The number of nitrogens with zero attached hydrogens (tertiary/aromatic N) is 5. The standard InChI is InChI=1S/C56H35N5O/c1-3-16-36(17-4-1)55-57-58-56(37-18-5-2-6-19-37)61(55)50-30-15-29-49-54(50)44-26-8-11-28-48(44)59(49)40-22-13-20-38(32-40)39-21-14-23-41(33-39)60-47-27-10-7-24-42(47)45-34-46-43-25-9-12-31-52(43)62-53(46)35-51(45)60/h1-35H. The van der Waals surface area contributed by atoms with Gasteiger partial charge in [-0.3, -0.25) is 4.57 Å². The zero-order chi connectivity index (χ0) is 40.7. The van der Waals surface area contributed by atoms with Gasteiger partial charge in [0, 0.05) is 60.9 Å². The van der Waals surface area contributed by atoms with Crippen LogP contribution >= 0.6 is 0 Å². The molecule has 0 N–H and O–H groups in total. The lowest BCUT2D eigenvalue weighted by Crippen LogP contribution is -2.01. The van der Waals surface area contributed by atoms with Gasteiger partial charge in [0.25, 0.3) is 0 Å². The number of rotatable bonds is 6. The van der Waals surface area contributed by atoms with Crippen LogP contribution in [0.2, 0.25) is 0 Å². The van der Waals surface area contributed by atoms with Gasteiger partial charge in [0.15, 0.2) is 11.6 Å². The molecule has 9 aromatic carbocycles. The average Bonchev–Trinajstić information content (AvgIpc) is 4.11. The van der Waals surface area contributed by atoms with E-state index in [9.17, 15) is 0 Å². The highest BCUT2D eigenvalue weighted by atomic mass is 16.3. The van der Waals surface area contributed by atoms with Crippen LogP contribution in [-0.4, -0.2) is 23.9 Å². The van der Waals surface area contributed by atoms with Crippen LogP contribution in [0.25, 0.3) is 117 Å². The smallest absolute Gasteiger partial charge is 0.168 e. The summed E-state index contributed by atoms with van der Waals surface area (Å²) >= 11 is 0. The summed E-state index contributed by atoms with van der Waals surface area (Å²) in [5.41, 5.74) is 13.7. The van der Waals surface area contributed by atoms with Crippen molar-refractivity contribution in [3.8, 4) is 51.0 Å². The summed E-state index contributed by atoms with van der Waals surface area (Å²) < 4.78 is 13.4. The molecule has 13 aromatic rings. The van der Waals surface area contributed by atoms with Crippen LogP contribution in [0, 0.1) is 0 Å². The van der Waals surface area contributed by atoms with E-state index in [0.29, 0.717) is 0 Å². The van der Waals surface area contributed by atoms with Gasteiger partial charge in [0.1, 0.15) is 11.2 Å². The van der Waals surface area contributed by atoms with Gasteiger partial charge in [0.2, 0.25) is 0 Å². The molecule has 0 saturated carbocycles. The van der Waals surface area contributed by atoms with Crippen molar-refractivity contribution < 1.29 is 4.42 Å². The van der Waals surface area contributed by atoms with Crippen molar-refractivity contribution in [2.75, 3.05) is 0 Å². The Morgan fingerprint density at radius 2 is 0.823 bits per heavy atom. The van der Waals surface area contributed by atoms with Crippen molar-refractivity contribution in [1.82, 2.24) is 23.9 Å². The second-order valence-electron chi connectivity index (χ2n) is 15.9. The molecule has 6 nitrogen and oxygen atoms in total. The normalized spacial score (nSPS) is 11.9. The Hall–Kier alpha value is -8.48. The molecule has 0 bridgehead atoms. The number of hydrogen-bond acceptors (Lipinski definition) is 3. The fraction of sp³-hybridized carbons (Fsp3) is 0. The number of benzene rings is 9. The molecule has 290 valence electrons. The zero-order valence-corrected chi connectivity index (χ0v) is 33.4. The lowest BCUT2D eigenvalue weighted by molar-refractivity contribution is 0.669. The highest BCUT2D eigenvalue weighted by Crippen LogP contribution is 2.41. The molecule has 13 rings (SSSR count). The predicted octanol–water partition coefficient (Wildman–Crippen LogP) is 14.4. The predicted molar refractivity (Wildman–Crippen MR) is 254 cm³/mol. The van der Waals surface area contributed by atoms with E-state index in [1.54, 1.807) is 0 Å². The van der Waals surface area contributed by atoms with Gasteiger partial charge in [-0.25, -0.2) is 0 Å². The molecule has 0 amide bonds. The molecule has 0 aliphatic rings. The highest BCUT2D eigenvalue weighted by Gasteiger charge is 2.23. The quantitative estimate of drug-likeness (QED) is 0.168. The number of furan rings is 1. The largest absolute Gasteiger partial charge is 0.456 e. The fourth-order valence-electron chi connectivity index (χ4n) is 9.64. The van der Waals surface area contributed by atoms with Crippen molar-refractivity contribution in [1.29, 1.82) is 0 Å². The molecule has 0 aliphatic heterocycles. The van der Waals surface area contributed by atoms with Crippen LogP contribution in [-0.2, 0) is 0 Å². The summed E-state index contributed by atoms with van der Waals surface area (Å²) in [6.07, 6.45) is 0. The van der Waals surface area contributed by atoms with Crippen molar-refractivity contribution in [2.24, 2.45) is 0 Å². The van der Waals surface area contributed by atoms with Gasteiger partial charge in [0.05, 0.1) is 27.8 Å². The van der Waals surface area contributed by atoms with Gasteiger partial charge in [-0.2, -0.15) is 0 Å². The first kappa shape index (κ1) is 34.4.